The van der Waals surface area contributed by atoms with Gasteiger partial charge in [0.05, 0.1) is 9.77 Å². The zero-order valence-corrected chi connectivity index (χ0v) is 14.1. The summed E-state index contributed by atoms with van der Waals surface area (Å²) in [6.07, 6.45) is 0.906. The predicted molar refractivity (Wildman–Crippen MR) is 89.3 cm³/mol. The van der Waals surface area contributed by atoms with Gasteiger partial charge in [-0.2, -0.15) is 0 Å². The van der Waals surface area contributed by atoms with Crippen LogP contribution in [0.4, 0.5) is 0 Å². The van der Waals surface area contributed by atoms with E-state index in [2.05, 4.69) is 0 Å². The quantitative estimate of drug-likeness (QED) is 0.914. The average molecular weight is 350 g/mol. The standard InChI is InChI=1S/C16H18N2O3S2/c17-10-12-8-9-18(11-12)16(19)14-6-7-15(22-14)23(20,21)13-4-2-1-3-5-13/h1-7,12H,8-11,17H2. The number of amides is 1. The largest absolute Gasteiger partial charge is 0.338 e. The van der Waals surface area contributed by atoms with Crippen LogP contribution < -0.4 is 5.73 Å². The Kier molecular flexibility index (Phi) is 4.52. The van der Waals surface area contributed by atoms with Gasteiger partial charge in [0.1, 0.15) is 4.21 Å². The molecule has 1 aliphatic rings. The molecule has 2 heterocycles. The molecule has 0 spiro atoms. The third kappa shape index (κ3) is 3.17. The highest BCUT2D eigenvalue weighted by Crippen LogP contribution is 2.29. The van der Waals surface area contributed by atoms with E-state index < -0.39 is 9.84 Å². The Bertz CT molecular complexity index is 800. The maximum Gasteiger partial charge on any atom is 0.263 e. The van der Waals surface area contributed by atoms with E-state index in [-0.39, 0.29) is 15.0 Å². The first-order valence-corrected chi connectivity index (χ1v) is 9.71. The normalized spacial score (nSPS) is 18.3. The Morgan fingerprint density at radius 2 is 1.96 bits per heavy atom. The van der Waals surface area contributed by atoms with Crippen molar-refractivity contribution in [2.45, 2.75) is 15.5 Å². The van der Waals surface area contributed by atoms with E-state index >= 15 is 0 Å². The van der Waals surface area contributed by atoms with Crippen molar-refractivity contribution in [2.24, 2.45) is 11.7 Å². The molecular formula is C16H18N2O3S2. The fraction of sp³-hybridized carbons (Fsp3) is 0.312. The Morgan fingerprint density at radius 1 is 1.22 bits per heavy atom. The second kappa shape index (κ2) is 6.43. The first-order chi connectivity index (χ1) is 11.0. The second-order valence-electron chi connectivity index (χ2n) is 5.58. The fourth-order valence-electron chi connectivity index (χ4n) is 2.66. The summed E-state index contributed by atoms with van der Waals surface area (Å²) in [7, 11) is -3.56. The van der Waals surface area contributed by atoms with E-state index in [0.717, 1.165) is 17.8 Å². The third-order valence-electron chi connectivity index (χ3n) is 4.02. The van der Waals surface area contributed by atoms with Gasteiger partial charge in [0.2, 0.25) is 9.84 Å². The van der Waals surface area contributed by atoms with Crippen LogP contribution in [0.25, 0.3) is 0 Å². The first kappa shape index (κ1) is 16.2. The Morgan fingerprint density at radius 3 is 2.61 bits per heavy atom. The minimum atomic E-state index is -3.56. The van der Waals surface area contributed by atoms with Crippen LogP contribution in [0.2, 0.25) is 0 Å². The lowest BCUT2D eigenvalue weighted by Gasteiger charge is -2.14. The minimum Gasteiger partial charge on any atom is -0.338 e. The van der Waals surface area contributed by atoms with Gasteiger partial charge in [0.25, 0.3) is 5.91 Å². The van der Waals surface area contributed by atoms with Crippen molar-refractivity contribution in [3.63, 3.8) is 0 Å². The number of carbonyl (C=O) groups is 1. The maximum atomic E-state index is 12.6. The molecule has 0 bridgehead atoms. The number of likely N-dealkylation sites (tertiary alicyclic amines) is 1. The van der Waals surface area contributed by atoms with E-state index in [1.165, 1.54) is 6.07 Å². The zero-order valence-electron chi connectivity index (χ0n) is 12.5. The lowest BCUT2D eigenvalue weighted by Crippen LogP contribution is -2.29. The van der Waals surface area contributed by atoms with Gasteiger partial charge in [-0.25, -0.2) is 8.42 Å². The number of carbonyl (C=O) groups excluding carboxylic acids is 1. The predicted octanol–water partition coefficient (Wildman–Crippen LogP) is 2.00. The summed E-state index contributed by atoms with van der Waals surface area (Å²) in [6, 6.07) is 11.4. The van der Waals surface area contributed by atoms with Gasteiger partial charge in [0.15, 0.2) is 0 Å². The van der Waals surface area contributed by atoms with E-state index in [1.807, 2.05) is 0 Å². The lowest BCUT2D eigenvalue weighted by atomic mass is 10.1. The zero-order chi connectivity index (χ0) is 16.4. The van der Waals surface area contributed by atoms with Crippen molar-refractivity contribution in [2.75, 3.05) is 19.6 Å². The number of benzene rings is 1. The fourth-order valence-corrected chi connectivity index (χ4v) is 5.36. The molecule has 1 aliphatic heterocycles. The van der Waals surface area contributed by atoms with Gasteiger partial charge in [-0.3, -0.25) is 4.79 Å². The molecule has 1 saturated heterocycles. The molecule has 1 atom stereocenters. The van der Waals surface area contributed by atoms with Crippen LogP contribution in [-0.2, 0) is 9.84 Å². The number of thiophene rings is 1. The average Bonchev–Trinajstić information content (AvgIpc) is 3.24. The summed E-state index contributed by atoms with van der Waals surface area (Å²) >= 11 is 1.03. The van der Waals surface area contributed by atoms with Crippen molar-refractivity contribution in [1.82, 2.24) is 4.90 Å². The molecule has 1 aromatic carbocycles. The van der Waals surface area contributed by atoms with Crippen molar-refractivity contribution in [3.8, 4) is 0 Å². The maximum absolute atomic E-state index is 12.6. The number of nitrogens with two attached hydrogens (primary N) is 1. The monoisotopic (exact) mass is 350 g/mol. The number of hydrogen-bond acceptors (Lipinski definition) is 5. The van der Waals surface area contributed by atoms with Crippen LogP contribution >= 0.6 is 11.3 Å². The summed E-state index contributed by atoms with van der Waals surface area (Å²) in [4.78, 5) is 14.9. The van der Waals surface area contributed by atoms with E-state index in [1.54, 1.807) is 41.3 Å². The molecule has 1 fully saturated rings. The van der Waals surface area contributed by atoms with Gasteiger partial charge in [-0.05, 0) is 43.1 Å². The van der Waals surface area contributed by atoms with Gasteiger partial charge in [0, 0.05) is 13.1 Å². The van der Waals surface area contributed by atoms with Crippen LogP contribution in [0.1, 0.15) is 16.1 Å². The summed E-state index contributed by atoms with van der Waals surface area (Å²) in [6.45, 7) is 1.90. The van der Waals surface area contributed by atoms with Crippen molar-refractivity contribution in [3.05, 3.63) is 47.3 Å². The van der Waals surface area contributed by atoms with Crippen molar-refractivity contribution in [1.29, 1.82) is 0 Å². The van der Waals surface area contributed by atoms with Crippen LogP contribution in [0.15, 0.2) is 51.6 Å². The summed E-state index contributed by atoms with van der Waals surface area (Å²) in [5.41, 5.74) is 5.65. The topological polar surface area (TPSA) is 80.5 Å². The highest BCUT2D eigenvalue weighted by Gasteiger charge is 2.28. The van der Waals surface area contributed by atoms with Gasteiger partial charge < -0.3 is 10.6 Å². The van der Waals surface area contributed by atoms with Crippen molar-refractivity contribution >= 4 is 27.1 Å². The molecule has 0 saturated carbocycles. The molecule has 2 aromatic rings. The Balaban J connectivity index is 1.82. The molecule has 0 radical (unpaired) electrons. The van der Waals surface area contributed by atoms with E-state index in [0.29, 0.717) is 30.4 Å². The van der Waals surface area contributed by atoms with E-state index in [4.69, 9.17) is 5.73 Å². The van der Waals surface area contributed by atoms with Gasteiger partial charge in [-0.15, -0.1) is 11.3 Å². The summed E-state index contributed by atoms with van der Waals surface area (Å²) in [5.74, 6) is 0.229. The molecular weight excluding hydrogens is 332 g/mol. The first-order valence-electron chi connectivity index (χ1n) is 7.41. The van der Waals surface area contributed by atoms with Crippen LogP contribution in [0.5, 0.6) is 0 Å². The summed E-state index contributed by atoms with van der Waals surface area (Å²) < 4.78 is 25.3. The SMILES string of the molecule is NCC1CCN(C(=O)c2ccc(S(=O)(=O)c3ccccc3)s2)C1. The van der Waals surface area contributed by atoms with Crippen LogP contribution in [-0.4, -0.2) is 38.9 Å². The lowest BCUT2D eigenvalue weighted by molar-refractivity contribution is 0.0792. The molecule has 5 nitrogen and oxygen atoms in total. The second-order valence-corrected chi connectivity index (χ2v) is 8.84. The molecule has 7 heteroatoms. The molecule has 23 heavy (non-hydrogen) atoms. The third-order valence-corrected chi connectivity index (χ3v) is 7.35. The summed E-state index contributed by atoms with van der Waals surface area (Å²) in [5, 5.41) is 0. The Labute approximate surface area is 139 Å². The minimum absolute atomic E-state index is 0.111. The number of hydrogen-bond donors (Lipinski definition) is 1. The molecule has 1 unspecified atom stereocenters. The molecule has 2 N–H and O–H groups in total. The molecule has 1 amide bonds. The van der Waals surface area contributed by atoms with Crippen LogP contribution in [0.3, 0.4) is 0 Å². The van der Waals surface area contributed by atoms with Crippen molar-refractivity contribution < 1.29 is 13.2 Å². The van der Waals surface area contributed by atoms with E-state index in [9.17, 15) is 13.2 Å². The highest BCUT2D eigenvalue weighted by atomic mass is 32.2. The molecule has 0 aliphatic carbocycles. The number of sulfone groups is 1. The molecule has 3 rings (SSSR count). The van der Waals surface area contributed by atoms with Crippen LogP contribution in [0, 0.1) is 5.92 Å². The Hall–Kier alpha value is -1.70. The highest BCUT2D eigenvalue weighted by molar-refractivity contribution is 7.93. The van der Waals surface area contributed by atoms with Gasteiger partial charge >= 0.3 is 0 Å². The number of rotatable bonds is 4. The molecule has 1 aromatic heterocycles. The smallest absolute Gasteiger partial charge is 0.263 e. The van der Waals surface area contributed by atoms with Gasteiger partial charge in [-0.1, -0.05) is 18.2 Å². The molecule has 122 valence electrons. The number of nitrogens with zero attached hydrogens (tertiary/aromatic N) is 1.